The van der Waals surface area contributed by atoms with Crippen molar-refractivity contribution in [2.24, 2.45) is 5.92 Å². The van der Waals surface area contributed by atoms with Crippen molar-refractivity contribution in [2.45, 2.75) is 58.4 Å². The summed E-state index contributed by atoms with van der Waals surface area (Å²) in [6, 6.07) is 6.68. The Bertz CT molecular complexity index is 1640. The molecule has 6 rings (SSSR count). The van der Waals surface area contributed by atoms with Gasteiger partial charge in [0.15, 0.2) is 5.69 Å². The maximum Gasteiger partial charge on any atom is 0.435 e. The summed E-state index contributed by atoms with van der Waals surface area (Å²) < 4.78 is 57.6. The molecule has 226 valence electrons. The molecule has 0 saturated heterocycles. The predicted octanol–water partition coefficient (Wildman–Crippen LogP) is 5.79. The lowest BCUT2D eigenvalue weighted by molar-refractivity contribution is -0.141. The van der Waals surface area contributed by atoms with Gasteiger partial charge >= 0.3 is 6.18 Å². The molecule has 0 radical (unpaired) electrons. The highest BCUT2D eigenvalue weighted by Crippen LogP contribution is 2.47. The van der Waals surface area contributed by atoms with Gasteiger partial charge in [-0.3, -0.25) is 14.5 Å². The van der Waals surface area contributed by atoms with Crippen molar-refractivity contribution in [1.82, 2.24) is 29.2 Å². The number of halogens is 3. The van der Waals surface area contributed by atoms with Gasteiger partial charge in [-0.15, -0.1) is 0 Å². The maximum atomic E-state index is 14.5. The third-order valence-electron chi connectivity index (χ3n) is 8.03. The van der Waals surface area contributed by atoms with E-state index in [2.05, 4.69) is 15.1 Å². The summed E-state index contributed by atoms with van der Waals surface area (Å²) in [6.45, 7) is 4.65. The molecule has 4 aromatic rings. The van der Waals surface area contributed by atoms with Crippen molar-refractivity contribution in [1.29, 1.82) is 0 Å². The smallest absolute Gasteiger partial charge is 0.435 e. The van der Waals surface area contributed by atoms with Gasteiger partial charge in [-0.25, -0.2) is 4.98 Å². The minimum Gasteiger partial charge on any atom is -0.497 e. The van der Waals surface area contributed by atoms with Crippen molar-refractivity contribution < 1.29 is 27.4 Å². The number of hydrogen-bond acceptors (Lipinski definition) is 6. The molecule has 2 aliphatic rings. The monoisotopic (exact) mass is 594 g/mol. The van der Waals surface area contributed by atoms with Crippen LogP contribution < -0.4 is 9.47 Å². The van der Waals surface area contributed by atoms with Crippen LogP contribution in [-0.2, 0) is 25.7 Å². The number of nitrogens with zero attached hydrogens (tertiary/aromatic N) is 6. The van der Waals surface area contributed by atoms with E-state index in [-0.39, 0.29) is 60.0 Å². The van der Waals surface area contributed by atoms with Crippen LogP contribution in [0.1, 0.15) is 65.9 Å². The van der Waals surface area contributed by atoms with E-state index in [1.54, 1.807) is 49.5 Å². The highest BCUT2D eigenvalue weighted by atomic mass is 19.4. The summed E-state index contributed by atoms with van der Waals surface area (Å²) in [4.78, 5) is 25.2. The Hall–Kier alpha value is -4.35. The van der Waals surface area contributed by atoms with Gasteiger partial charge in [-0.05, 0) is 49.4 Å². The van der Waals surface area contributed by atoms with Crippen LogP contribution in [0.2, 0.25) is 0 Å². The van der Waals surface area contributed by atoms with Crippen LogP contribution in [0.3, 0.4) is 0 Å². The van der Waals surface area contributed by atoms with Crippen molar-refractivity contribution in [3.8, 4) is 22.6 Å². The van der Waals surface area contributed by atoms with Crippen LogP contribution >= 0.6 is 0 Å². The molecule has 1 atom stereocenters. The van der Waals surface area contributed by atoms with Crippen molar-refractivity contribution >= 4 is 5.91 Å². The molecule has 1 aliphatic heterocycles. The molecule has 1 saturated carbocycles. The zero-order valence-electron chi connectivity index (χ0n) is 24.3. The largest absolute Gasteiger partial charge is 0.497 e. The van der Waals surface area contributed by atoms with Gasteiger partial charge < -0.3 is 18.9 Å². The standard InChI is InChI=1S/C31H33F3N6O3/c1-4-26-36-10-11-38(26)17-19-14-22(24-18-39(5-2)37-29(24)31(32,33)34)28-23(15-19)30(41)40(12-13-43-28)27(20-6-7-20)25-16-21(42-3)8-9-35-25/h8-11,14-16,18,20,27H,4-7,12-13,17H2,1-3H3. The Morgan fingerprint density at radius 2 is 1.88 bits per heavy atom. The molecule has 1 unspecified atom stereocenters. The molecule has 1 aliphatic carbocycles. The van der Waals surface area contributed by atoms with Gasteiger partial charge in [-0.1, -0.05) is 6.92 Å². The normalized spacial score (nSPS) is 16.0. The number of carbonyl (C=O) groups is 1. The highest BCUT2D eigenvalue weighted by molar-refractivity contribution is 6.00. The van der Waals surface area contributed by atoms with E-state index >= 15 is 0 Å². The molecule has 4 heterocycles. The van der Waals surface area contributed by atoms with E-state index in [4.69, 9.17) is 9.47 Å². The first-order valence-corrected chi connectivity index (χ1v) is 14.5. The summed E-state index contributed by atoms with van der Waals surface area (Å²) in [5.41, 5.74) is 0.636. The summed E-state index contributed by atoms with van der Waals surface area (Å²) in [6.07, 6.45) is 4.41. The fourth-order valence-corrected chi connectivity index (χ4v) is 5.83. The predicted molar refractivity (Wildman–Crippen MR) is 152 cm³/mol. The number of imidazole rings is 1. The fourth-order valence-electron chi connectivity index (χ4n) is 5.83. The first kappa shape index (κ1) is 28.8. The second kappa shape index (κ2) is 11.4. The molecule has 3 aromatic heterocycles. The average Bonchev–Trinajstić information content (AvgIpc) is 3.60. The van der Waals surface area contributed by atoms with E-state index in [0.717, 1.165) is 18.7 Å². The number of aryl methyl sites for hydroxylation is 2. The van der Waals surface area contributed by atoms with Crippen molar-refractivity contribution in [2.75, 3.05) is 20.3 Å². The van der Waals surface area contributed by atoms with Gasteiger partial charge in [0.05, 0.1) is 31.0 Å². The number of alkyl halides is 3. The van der Waals surface area contributed by atoms with Crippen LogP contribution in [0.4, 0.5) is 13.2 Å². The fraction of sp³-hybridized carbons (Fsp3) is 0.419. The molecule has 12 heteroatoms. The van der Waals surface area contributed by atoms with E-state index in [1.807, 2.05) is 23.8 Å². The molecule has 1 aromatic carbocycles. The summed E-state index contributed by atoms with van der Waals surface area (Å²) in [5, 5.41) is 3.84. The third-order valence-corrected chi connectivity index (χ3v) is 8.03. The number of amides is 1. The number of benzene rings is 1. The number of pyridine rings is 1. The summed E-state index contributed by atoms with van der Waals surface area (Å²) in [5.74, 6) is 1.50. The van der Waals surface area contributed by atoms with Gasteiger partial charge in [0.25, 0.3) is 5.91 Å². The third kappa shape index (κ3) is 5.57. The van der Waals surface area contributed by atoms with Crippen molar-refractivity contribution in [3.05, 3.63) is 77.4 Å². The minimum atomic E-state index is -4.70. The second-order valence-electron chi connectivity index (χ2n) is 10.8. The van der Waals surface area contributed by atoms with E-state index in [9.17, 15) is 18.0 Å². The van der Waals surface area contributed by atoms with E-state index in [0.29, 0.717) is 30.0 Å². The summed E-state index contributed by atoms with van der Waals surface area (Å²) in [7, 11) is 1.58. The van der Waals surface area contributed by atoms with Crippen LogP contribution in [0, 0.1) is 5.92 Å². The molecule has 0 spiro atoms. The number of carbonyl (C=O) groups excluding carboxylic acids is 1. The Morgan fingerprint density at radius 3 is 2.58 bits per heavy atom. The average molecular weight is 595 g/mol. The summed E-state index contributed by atoms with van der Waals surface area (Å²) >= 11 is 0. The van der Waals surface area contributed by atoms with Gasteiger partial charge in [0.2, 0.25) is 0 Å². The van der Waals surface area contributed by atoms with Crippen LogP contribution in [0.15, 0.2) is 49.1 Å². The minimum absolute atomic E-state index is 0.114. The number of ether oxygens (including phenoxy) is 2. The number of rotatable bonds is 9. The van der Waals surface area contributed by atoms with Gasteiger partial charge in [0, 0.05) is 61.5 Å². The SMILES string of the molecule is CCc1nccn1Cc1cc2c(c(-c3cn(CC)nc3C(F)(F)F)c1)OCCN(C(c1cc(OC)ccn1)C1CC1)C2=O. The van der Waals surface area contributed by atoms with Gasteiger partial charge in [0.1, 0.15) is 23.9 Å². The Kier molecular flexibility index (Phi) is 7.61. The number of aromatic nitrogens is 5. The topological polar surface area (TPSA) is 87.3 Å². The van der Waals surface area contributed by atoms with Gasteiger partial charge in [-0.2, -0.15) is 18.3 Å². The van der Waals surface area contributed by atoms with Crippen molar-refractivity contribution in [3.63, 3.8) is 0 Å². The maximum absolute atomic E-state index is 14.5. The quantitative estimate of drug-likeness (QED) is 0.244. The lowest BCUT2D eigenvalue weighted by atomic mass is 9.96. The molecule has 9 nitrogen and oxygen atoms in total. The lowest BCUT2D eigenvalue weighted by Crippen LogP contribution is -2.37. The van der Waals surface area contributed by atoms with Crippen LogP contribution in [-0.4, -0.2) is 55.4 Å². The molecular formula is C31H33F3N6O3. The Morgan fingerprint density at radius 1 is 1.09 bits per heavy atom. The van der Waals surface area contributed by atoms with E-state index < -0.39 is 11.9 Å². The Balaban J connectivity index is 1.51. The Labute approximate surface area is 247 Å². The molecule has 43 heavy (non-hydrogen) atoms. The molecular weight excluding hydrogens is 561 g/mol. The number of methoxy groups -OCH3 is 1. The van der Waals surface area contributed by atoms with Crippen LogP contribution in [0.5, 0.6) is 11.5 Å². The number of hydrogen-bond donors (Lipinski definition) is 0. The zero-order valence-corrected chi connectivity index (χ0v) is 24.3. The molecule has 0 bridgehead atoms. The second-order valence-corrected chi connectivity index (χ2v) is 10.8. The van der Waals surface area contributed by atoms with Crippen LogP contribution in [0.25, 0.3) is 11.1 Å². The lowest BCUT2D eigenvalue weighted by Gasteiger charge is -2.30. The highest BCUT2D eigenvalue weighted by Gasteiger charge is 2.43. The number of fused-ring (bicyclic) bond motifs is 1. The molecule has 0 N–H and O–H groups in total. The molecule has 1 fully saturated rings. The first-order valence-electron chi connectivity index (χ1n) is 14.5. The van der Waals surface area contributed by atoms with E-state index in [1.165, 1.54) is 10.9 Å². The first-order chi connectivity index (χ1) is 20.7. The zero-order chi connectivity index (χ0) is 30.3. The molecule has 1 amide bonds.